The number of rotatable bonds is 6. The Labute approximate surface area is 119 Å². The molecule has 20 heavy (non-hydrogen) atoms. The van der Waals surface area contributed by atoms with E-state index >= 15 is 0 Å². The average Bonchev–Trinajstić information content (AvgIpc) is 2.89. The van der Waals surface area contributed by atoms with E-state index in [9.17, 15) is 10.1 Å². The zero-order valence-corrected chi connectivity index (χ0v) is 11.9. The topological polar surface area (TPSA) is 93.9 Å². The lowest BCUT2D eigenvalue weighted by molar-refractivity contribution is -0.384. The molecule has 0 bridgehead atoms. The molecule has 1 aromatic heterocycles. The monoisotopic (exact) mass is 294 g/mol. The predicted octanol–water partition coefficient (Wildman–Crippen LogP) is 2.79. The van der Waals surface area contributed by atoms with Gasteiger partial charge in [-0.25, -0.2) is 4.98 Å². The number of benzene rings is 1. The van der Waals surface area contributed by atoms with Gasteiger partial charge in [0.2, 0.25) is 0 Å². The van der Waals surface area contributed by atoms with Crippen LogP contribution in [0.1, 0.15) is 19.4 Å². The van der Waals surface area contributed by atoms with Crippen LogP contribution in [0.3, 0.4) is 0 Å². The van der Waals surface area contributed by atoms with E-state index in [-0.39, 0.29) is 11.8 Å². The van der Waals surface area contributed by atoms with Gasteiger partial charge in [0, 0.05) is 23.4 Å². The number of nitro groups is 1. The van der Waals surface area contributed by atoms with Crippen LogP contribution in [-0.4, -0.2) is 26.2 Å². The summed E-state index contributed by atoms with van der Waals surface area (Å²) >= 11 is 1.41. The number of H-pyrrole nitrogens is 1. The summed E-state index contributed by atoms with van der Waals surface area (Å²) in [5.41, 5.74) is 0.809. The molecule has 0 aliphatic rings. The third kappa shape index (κ3) is 3.70. The third-order valence-corrected chi connectivity index (χ3v) is 3.30. The van der Waals surface area contributed by atoms with E-state index in [0.717, 1.165) is 5.56 Å². The standard InChI is InChI=1S/C12H14N4O3S/c1-8(2)19-11-4-3-10(16(17)18)5-9(11)6-20-12-13-7-14-15-12/h3-5,7-8H,6H2,1-2H3,(H,13,14,15). The largest absolute Gasteiger partial charge is 0.491 e. The van der Waals surface area contributed by atoms with Crippen molar-refractivity contribution in [1.29, 1.82) is 0 Å². The minimum atomic E-state index is -0.415. The van der Waals surface area contributed by atoms with Crippen LogP contribution in [0.5, 0.6) is 5.75 Å². The molecule has 106 valence electrons. The number of nitrogens with one attached hydrogen (secondary N) is 1. The fourth-order valence-corrected chi connectivity index (χ4v) is 2.33. The molecule has 0 unspecified atom stereocenters. The first kappa shape index (κ1) is 14.3. The average molecular weight is 294 g/mol. The first-order valence-electron chi connectivity index (χ1n) is 5.98. The summed E-state index contributed by atoms with van der Waals surface area (Å²) in [7, 11) is 0. The Morgan fingerprint density at radius 3 is 2.90 bits per heavy atom. The number of hydrogen-bond donors (Lipinski definition) is 1. The summed E-state index contributed by atoms with van der Waals surface area (Å²) in [6.07, 6.45) is 1.42. The number of nitrogens with zero attached hydrogens (tertiary/aromatic N) is 3. The molecular weight excluding hydrogens is 280 g/mol. The molecule has 2 rings (SSSR count). The van der Waals surface area contributed by atoms with E-state index < -0.39 is 4.92 Å². The van der Waals surface area contributed by atoms with Gasteiger partial charge in [0.25, 0.3) is 5.69 Å². The quantitative estimate of drug-likeness (QED) is 0.500. The smallest absolute Gasteiger partial charge is 0.270 e. The number of aromatic nitrogens is 3. The number of thioether (sulfide) groups is 1. The van der Waals surface area contributed by atoms with Gasteiger partial charge in [0.15, 0.2) is 5.16 Å². The van der Waals surface area contributed by atoms with Crippen molar-refractivity contribution in [2.45, 2.75) is 30.9 Å². The van der Waals surface area contributed by atoms with Crippen LogP contribution in [0.2, 0.25) is 0 Å². The summed E-state index contributed by atoms with van der Waals surface area (Å²) in [6.45, 7) is 3.82. The van der Waals surface area contributed by atoms with E-state index in [0.29, 0.717) is 16.7 Å². The molecule has 0 saturated heterocycles. The van der Waals surface area contributed by atoms with Crippen molar-refractivity contribution >= 4 is 17.4 Å². The van der Waals surface area contributed by atoms with Gasteiger partial charge in [-0.2, -0.15) is 5.10 Å². The maximum atomic E-state index is 10.8. The molecule has 0 amide bonds. The molecule has 0 saturated carbocycles. The van der Waals surface area contributed by atoms with Crippen molar-refractivity contribution in [1.82, 2.24) is 15.2 Å². The highest BCUT2D eigenvalue weighted by atomic mass is 32.2. The number of nitro benzene ring substituents is 1. The highest BCUT2D eigenvalue weighted by Crippen LogP contribution is 2.30. The molecule has 1 heterocycles. The van der Waals surface area contributed by atoms with Crippen LogP contribution in [0, 0.1) is 10.1 Å². The summed E-state index contributed by atoms with van der Waals surface area (Å²) in [4.78, 5) is 14.4. The molecule has 1 aromatic carbocycles. The molecule has 2 aromatic rings. The Hall–Kier alpha value is -2.09. The third-order valence-electron chi connectivity index (χ3n) is 2.37. The minimum Gasteiger partial charge on any atom is -0.491 e. The van der Waals surface area contributed by atoms with Crippen molar-refractivity contribution in [2.75, 3.05) is 0 Å². The second-order valence-electron chi connectivity index (χ2n) is 4.30. The summed E-state index contributed by atoms with van der Waals surface area (Å²) in [5.74, 6) is 1.16. The lowest BCUT2D eigenvalue weighted by Gasteiger charge is -2.13. The van der Waals surface area contributed by atoms with Crippen LogP contribution in [0.15, 0.2) is 29.7 Å². The molecule has 1 N–H and O–H groups in total. The summed E-state index contributed by atoms with van der Waals surface area (Å²) < 4.78 is 5.67. The Bertz CT molecular complexity index is 586. The van der Waals surface area contributed by atoms with Crippen molar-refractivity contribution in [3.8, 4) is 5.75 Å². The van der Waals surface area contributed by atoms with Gasteiger partial charge in [-0.15, -0.1) is 0 Å². The fraction of sp³-hybridized carbons (Fsp3) is 0.333. The molecule has 0 fully saturated rings. The van der Waals surface area contributed by atoms with E-state index in [2.05, 4.69) is 15.2 Å². The van der Waals surface area contributed by atoms with Crippen molar-refractivity contribution in [3.63, 3.8) is 0 Å². The molecule has 0 spiro atoms. The normalized spacial score (nSPS) is 10.8. The van der Waals surface area contributed by atoms with E-state index in [1.165, 1.54) is 30.2 Å². The predicted molar refractivity (Wildman–Crippen MR) is 74.8 cm³/mol. The molecule has 0 aliphatic carbocycles. The molecule has 0 radical (unpaired) electrons. The van der Waals surface area contributed by atoms with Crippen molar-refractivity contribution < 1.29 is 9.66 Å². The van der Waals surface area contributed by atoms with Gasteiger partial charge in [0.05, 0.1) is 11.0 Å². The second-order valence-corrected chi connectivity index (χ2v) is 5.26. The van der Waals surface area contributed by atoms with Gasteiger partial charge in [-0.3, -0.25) is 15.2 Å². The SMILES string of the molecule is CC(C)Oc1ccc([N+](=O)[O-])cc1CSc1ncn[nH]1. The van der Waals surface area contributed by atoms with E-state index in [1.54, 1.807) is 6.07 Å². The summed E-state index contributed by atoms with van der Waals surface area (Å²) in [5, 5.41) is 18.0. The van der Waals surface area contributed by atoms with Gasteiger partial charge >= 0.3 is 0 Å². The fourth-order valence-electron chi connectivity index (χ4n) is 1.57. The van der Waals surface area contributed by atoms with Gasteiger partial charge in [-0.05, 0) is 19.9 Å². The zero-order valence-electron chi connectivity index (χ0n) is 11.1. The maximum Gasteiger partial charge on any atom is 0.270 e. The first-order valence-corrected chi connectivity index (χ1v) is 6.97. The second kappa shape index (κ2) is 6.38. The molecule has 0 atom stereocenters. The number of hydrogen-bond acceptors (Lipinski definition) is 6. The van der Waals surface area contributed by atoms with Crippen molar-refractivity contribution in [3.05, 3.63) is 40.2 Å². The maximum absolute atomic E-state index is 10.8. The van der Waals surface area contributed by atoms with Crippen LogP contribution in [0.25, 0.3) is 0 Å². The number of aromatic amines is 1. The Morgan fingerprint density at radius 2 is 2.30 bits per heavy atom. The number of ether oxygens (including phenoxy) is 1. The van der Waals surface area contributed by atoms with Gasteiger partial charge < -0.3 is 4.74 Å². The van der Waals surface area contributed by atoms with Gasteiger partial charge in [-0.1, -0.05) is 11.8 Å². The summed E-state index contributed by atoms with van der Waals surface area (Å²) in [6, 6.07) is 4.61. The lowest BCUT2D eigenvalue weighted by atomic mass is 10.2. The Balaban J connectivity index is 2.21. The molecular formula is C12H14N4O3S. The van der Waals surface area contributed by atoms with Crippen LogP contribution < -0.4 is 4.74 Å². The highest BCUT2D eigenvalue weighted by Gasteiger charge is 2.13. The van der Waals surface area contributed by atoms with Crippen LogP contribution in [-0.2, 0) is 5.75 Å². The van der Waals surface area contributed by atoms with Crippen LogP contribution >= 0.6 is 11.8 Å². The zero-order chi connectivity index (χ0) is 14.5. The van der Waals surface area contributed by atoms with Crippen molar-refractivity contribution in [2.24, 2.45) is 0 Å². The lowest BCUT2D eigenvalue weighted by Crippen LogP contribution is -2.07. The molecule has 7 nitrogen and oxygen atoms in total. The Morgan fingerprint density at radius 1 is 1.50 bits per heavy atom. The Kier molecular flexibility index (Phi) is 4.57. The number of non-ortho nitro benzene ring substituents is 1. The van der Waals surface area contributed by atoms with E-state index in [1.807, 2.05) is 13.8 Å². The molecule has 0 aliphatic heterocycles. The molecule has 8 heteroatoms. The highest BCUT2D eigenvalue weighted by molar-refractivity contribution is 7.98. The van der Waals surface area contributed by atoms with Crippen LogP contribution in [0.4, 0.5) is 5.69 Å². The van der Waals surface area contributed by atoms with E-state index in [4.69, 9.17) is 4.74 Å². The first-order chi connectivity index (χ1) is 9.56. The minimum absolute atomic E-state index is 0.00508. The van der Waals surface area contributed by atoms with Gasteiger partial charge in [0.1, 0.15) is 12.1 Å².